The molecule has 10 fully saturated rings. The van der Waals surface area contributed by atoms with Crippen LogP contribution in [0.4, 0.5) is 0 Å². The predicted octanol–water partition coefficient (Wildman–Crippen LogP) is -20.6. The van der Waals surface area contributed by atoms with Crippen molar-refractivity contribution in [3.8, 4) is 0 Å². The Bertz CT molecular complexity index is 3520. The van der Waals surface area contributed by atoms with Gasteiger partial charge in [0.25, 0.3) is 6.47 Å². The standard InChI is InChI=1S/C73H122N4O52/c1-19-25(91)7-73(112-18-86,129-57(19)40(93)26(92)8-78)111-17-35-44(97)51(104)55(108)69(121-35)124-60-32(14-84)118-66(38(48(60)101)76-23(5)89)127-63-52(105)42(95)28(10-80)115-71(63)110-16-34-45(98)62(56(109)70(120-34)125-61-33(15-85)117-65(37(47(61)100)75-22(4)88)122-58-30(12-82)113-20(2)36(46(58)99)74-21(3)87)126-72-64(53(106)43(96)29(11-81)116-72)128-67-39(77-24(6)90)49(102)59(31(13-83)119-67)123-68-54(107)50(103)41(94)27(9-79)114-68/h18-20,25-72,78-85,91-109H,7-17H2,1-6H3,(H,74,87)(H,75,88)(H,76,89)(H,77,90)/t19-,20+,25-,26-,27?,28?,29?,30?,31?,32+,33?,34?,35?,36?,37?,38?,39?,40-,41+,42-,43-,44+,45-,46-,47-,48?,49-,50+,51+,52+,53?,54?,55?,56?,57?,58-,59-,60-,61-,62+,63?,64?,65+,66+,67+,68+,69+,70+,71+,72-,73+/m1/s1. The minimum atomic E-state index is -2.66. The highest BCUT2D eigenvalue weighted by atomic mass is 16.9. The van der Waals surface area contributed by atoms with E-state index in [4.69, 9.17) is 94.7 Å². The smallest absolute Gasteiger partial charge is 0.332 e. The molecule has 0 bridgehead atoms. The minimum absolute atomic E-state index is 0.192. The van der Waals surface area contributed by atoms with Crippen LogP contribution in [-0.4, -0.2) is 540 Å². The molecule has 0 saturated carbocycles. The van der Waals surface area contributed by atoms with Crippen LogP contribution in [0.2, 0.25) is 0 Å². The average Bonchev–Trinajstić information content (AvgIpc) is 0.804. The first kappa shape index (κ1) is 107. The van der Waals surface area contributed by atoms with Gasteiger partial charge in [0.05, 0.1) is 96.8 Å². The van der Waals surface area contributed by atoms with Crippen LogP contribution in [0, 0.1) is 5.92 Å². The van der Waals surface area contributed by atoms with E-state index in [-0.39, 0.29) is 6.47 Å². The van der Waals surface area contributed by atoms with Crippen LogP contribution in [0.1, 0.15) is 48.0 Å². The molecule has 10 aliphatic heterocycles. The molecule has 56 heteroatoms. The molecule has 0 aromatic heterocycles. The number of nitrogens with one attached hydrogen (secondary N) is 4. The van der Waals surface area contributed by atoms with Gasteiger partial charge >= 0.3 is 5.97 Å². The second-order valence-electron chi connectivity index (χ2n) is 33.0. The van der Waals surface area contributed by atoms with E-state index < -0.39 is 408 Å². The van der Waals surface area contributed by atoms with Gasteiger partial charge in [-0.05, 0) is 6.92 Å². The van der Waals surface area contributed by atoms with Crippen LogP contribution in [-0.2, 0) is 119 Å². The summed E-state index contributed by atoms with van der Waals surface area (Å²) in [6.07, 6.45) is -93.9. The predicted molar refractivity (Wildman–Crippen MR) is 399 cm³/mol. The van der Waals surface area contributed by atoms with Crippen molar-refractivity contribution in [2.24, 2.45) is 5.92 Å². The highest BCUT2D eigenvalue weighted by Gasteiger charge is 2.62. The molecule has 129 heavy (non-hydrogen) atoms. The summed E-state index contributed by atoms with van der Waals surface area (Å²) < 4.78 is 119. The Morgan fingerprint density at radius 3 is 1.07 bits per heavy atom. The van der Waals surface area contributed by atoms with Crippen molar-refractivity contribution in [2.75, 3.05) is 66.1 Å². The lowest BCUT2D eigenvalue weighted by Crippen LogP contribution is -2.71. The van der Waals surface area contributed by atoms with Gasteiger partial charge in [0.2, 0.25) is 23.6 Å². The number of aliphatic hydroxyl groups excluding tert-OH is 27. The molecule has 4 amide bonds. The number of rotatable bonds is 36. The summed E-state index contributed by atoms with van der Waals surface area (Å²) in [5.74, 6) is -7.25. The van der Waals surface area contributed by atoms with Crippen LogP contribution in [0.15, 0.2) is 0 Å². The van der Waals surface area contributed by atoms with Gasteiger partial charge in [-0.15, -0.1) is 0 Å². The zero-order valence-corrected chi connectivity index (χ0v) is 70.0. The summed E-state index contributed by atoms with van der Waals surface area (Å²) in [5, 5.41) is 312. The Hall–Kier alpha value is -4.49. The molecule has 0 spiro atoms. The molecule has 0 aliphatic carbocycles. The van der Waals surface area contributed by atoms with Crippen molar-refractivity contribution in [1.82, 2.24) is 21.3 Å². The maximum atomic E-state index is 13.2. The first-order valence-corrected chi connectivity index (χ1v) is 41.4. The number of ether oxygens (including phenoxy) is 20. The fourth-order valence-electron chi connectivity index (χ4n) is 16.9. The first-order chi connectivity index (χ1) is 61.0. The lowest BCUT2D eigenvalue weighted by Gasteiger charge is -2.51. The fraction of sp³-hybridized carbons (Fsp3) is 0.932. The molecule has 31 N–H and O–H groups in total. The largest absolute Gasteiger partial charge is 0.410 e. The Morgan fingerprint density at radius 1 is 0.349 bits per heavy atom. The number of hydrogen-bond acceptors (Lipinski definition) is 52. The summed E-state index contributed by atoms with van der Waals surface area (Å²) in [6.45, 7) is -4.52. The van der Waals surface area contributed by atoms with Gasteiger partial charge in [-0.3, -0.25) is 24.0 Å². The second-order valence-corrected chi connectivity index (χ2v) is 33.0. The third kappa shape index (κ3) is 23.9. The van der Waals surface area contributed by atoms with E-state index in [1.165, 1.54) is 13.8 Å². The van der Waals surface area contributed by atoms with Crippen LogP contribution in [0.3, 0.4) is 0 Å². The molecule has 0 radical (unpaired) electrons. The van der Waals surface area contributed by atoms with Crippen LogP contribution < -0.4 is 21.3 Å². The van der Waals surface area contributed by atoms with Crippen LogP contribution >= 0.6 is 0 Å². The van der Waals surface area contributed by atoms with E-state index in [2.05, 4.69) is 21.3 Å². The first-order valence-electron chi connectivity index (χ1n) is 41.4. The number of carbonyl (C=O) groups excluding carboxylic acids is 5. The highest BCUT2D eigenvalue weighted by molar-refractivity contribution is 5.74. The average molecular weight is 1890 g/mol. The van der Waals surface area contributed by atoms with Crippen molar-refractivity contribution in [3.05, 3.63) is 0 Å². The molecule has 51 atom stereocenters. The van der Waals surface area contributed by atoms with Crippen molar-refractivity contribution in [2.45, 2.75) is 354 Å². The Morgan fingerprint density at radius 2 is 0.667 bits per heavy atom. The van der Waals surface area contributed by atoms with Crippen LogP contribution in [0.5, 0.6) is 0 Å². The molecule has 10 saturated heterocycles. The van der Waals surface area contributed by atoms with E-state index in [0.717, 1.165) is 27.7 Å². The van der Waals surface area contributed by atoms with Gasteiger partial charge in [0, 0.05) is 33.6 Å². The Balaban J connectivity index is 0.954. The molecule has 746 valence electrons. The summed E-state index contributed by atoms with van der Waals surface area (Å²) >= 11 is 0. The van der Waals surface area contributed by atoms with Gasteiger partial charge in [0.1, 0.15) is 226 Å². The zero-order chi connectivity index (χ0) is 95.1. The second kappa shape index (κ2) is 46.6. The third-order valence-electron chi connectivity index (χ3n) is 24.0. The number of amides is 4. The van der Waals surface area contributed by atoms with Gasteiger partial charge in [-0.25, -0.2) is 0 Å². The van der Waals surface area contributed by atoms with Gasteiger partial charge in [-0.2, -0.15) is 0 Å². The molecule has 20 unspecified atom stereocenters. The molecule has 10 heterocycles. The summed E-state index contributed by atoms with van der Waals surface area (Å²) in [5.41, 5.74) is 0. The van der Waals surface area contributed by atoms with E-state index in [9.17, 15) is 162 Å². The number of carbonyl (C=O) groups is 5. The lowest BCUT2D eigenvalue weighted by atomic mass is 9.87. The van der Waals surface area contributed by atoms with Crippen molar-refractivity contribution >= 4 is 30.1 Å². The Labute approximate surface area is 732 Å². The number of hydrogen-bond donors (Lipinski definition) is 31. The molecular weight excluding hydrogens is 1760 g/mol. The zero-order valence-electron chi connectivity index (χ0n) is 70.0. The van der Waals surface area contributed by atoms with Gasteiger partial charge in [0.15, 0.2) is 50.3 Å². The topological polar surface area (TPSA) is 864 Å². The highest BCUT2D eigenvalue weighted by Crippen LogP contribution is 2.43. The quantitative estimate of drug-likeness (QED) is 0.0205. The summed E-state index contributed by atoms with van der Waals surface area (Å²) in [7, 11) is 0. The van der Waals surface area contributed by atoms with Crippen molar-refractivity contribution < 1.29 is 257 Å². The number of aliphatic hydroxyl groups is 27. The molecule has 0 aromatic carbocycles. The van der Waals surface area contributed by atoms with E-state index in [1.807, 2.05) is 0 Å². The maximum Gasteiger partial charge on any atom is 0.332 e. The molecule has 0 aromatic rings. The fourth-order valence-corrected chi connectivity index (χ4v) is 16.9. The van der Waals surface area contributed by atoms with Crippen LogP contribution in [0.25, 0.3) is 0 Å². The van der Waals surface area contributed by atoms with E-state index in [0.29, 0.717) is 0 Å². The molecular formula is C73H122N4O52. The SMILES string of the molecule is CC(=O)NC1C(O)[C@H](O[C@@H]2OC(CO[C@]3(OC=O)C[C@@H](O)[C@@H](C)C([C@H](O)[C@H](O)CO)O3)[C@H](O)[C@H](O)C2O)[C@H](CO)O[C@H]1OC1[C@@H](OCC2O[C@@H](O[C@@H]3C(CO)O[C@@H](O[C@@H]4C(CO)O[C@@H](C)C(NC(C)=O)[C@H]4O)C(NC(C)=O)[C@H]3O)C(O)[C@@H](O[C@H]3OC(CO)[C@@H](O)C(O)C3O[C@@H]3OC(CO)[C@@H](O[C@@H]4OC(CO)[C@H](O)[C@H](O)C4O)[C@H](O)C3NC(C)=O)[C@@H]2O)OC(CO)[C@@H](O)[C@@H]1O. The van der Waals surface area contributed by atoms with E-state index in [1.54, 1.807) is 0 Å². The normalized spacial score (nSPS) is 48.1. The van der Waals surface area contributed by atoms with Gasteiger partial charge in [-0.1, -0.05) is 6.92 Å². The van der Waals surface area contributed by atoms with E-state index >= 15 is 0 Å². The molecule has 56 nitrogen and oxygen atoms in total. The molecule has 10 rings (SSSR count). The summed E-state index contributed by atoms with van der Waals surface area (Å²) in [6, 6.07) is -7.13. The maximum absolute atomic E-state index is 13.2. The Kier molecular flexibility index (Phi) is 38.5. The van der Waals surface area contributed by atoms with Crippen molar-refractivity contribution in [3.63, 3.8) is 0 Å². The summed E-state index contributed by atoms with van der Waals surface area (Å²) in [4.78, 5) is 63.5. The third-order valence-corrected chi connectivity index (χ3v) is 24.0. The monoisotopic (exact) mass is 1890 g/mol. The lowest BCUT2D eigenvalue weighted by molar-refractivity contribution is -0.424. The molecule has 10 aliphatic rings. The van der Waals surface area contributed by atoms with Crippen molar-refractivity contribution in [1.29, 1.82) is 0 Å². The van der Waals surface area contributed by atoms with Gasteiger partial charge < -0.3 is 254 Å². The minimum Gasteiger partial charge on any atom is -0.410 e.